The molecule has 2 aromatic heterocycles. The van der Waals surface area contributed by atoms with Crippen LogP contribution in [0.2, 0.25) is 0 Å². The highest BCUT2D eigenvalue weighted by molar-refractivity contribution is 7.99. The second kappa shape index (κ2) is 7.60. The predicted molar refractivity (Wildman–Crippen MR) is 109 cm³/mol. The summed E-state index contributed by atoms with van der Waals surface area (Å²) in [6.07, 6.45) is 0. The third-order valence-corrected chi connectivity index (χ3v) is 5.60. The number of nitrogens with zero attached hydrogens (tertiary/aromatic N) is 1. The minimum absolute atomic E-state index is 0.0303. The molecule has 0 bridgehead atoms. The first kappa shape index (κ1) is 19.0. The summed E-state index contributed by atoms with van der Waals surface area (Å²) < 4.78 is 19.9. The quantitative estimate of drug-likeness (QED) is 0.544. The van der Waals surface area contributed by atoms with Crippen molar-refractivity contribution in [2.45, 2.75) is 23.3 Å². The fourth-order valence-corrected chi connectivity index (χ4v) is 3.91. The summed E-state index contributed by atoms with van der Waals surface area (Å²) in [7, 11) is 0. The lowest BCUT2D eigenvalue weighted by Crippen LogP contribution is -2.24. The second-order valence-electron chi connectivity index (χ2n) is 6.53. The molecule has 5 nitrogen and oxygen atoms in total. The third-order valence-electron chi connectivity index (χ3n) is 4.53. The molecule has 29 heavy (non-hydrogen) atoms. The molecule has 0 unspecified atom stereocenters. The molecule has 4 rings (SSSR count). The summed E-state index contributed by atoms with van der Waals surface area (Å²) in [4.78, 5) is 26.2. The van der Waals surface area contributed by atoms with Gasteiger partial charge in [-0.15, -0.1) is 0 Å². The fraction of sp³-hybridized carbons (Fsp3) is 0.0909. The normalized spacial score (nSPS) is 11.1. The van der Waals surface area contributed by atoms with Crippen LogP contribution in [0.4, 0.5) is 4.39 Å². The second-order valence-corrected chi connectivity index (χ2v) is 7.61. The molecule has 146 valence electrons. The molecule has 0 aliphatic carbocycles. The molecular weight excluding hydrogens is 393 g/mol. The number of aromatic nitrogens is 1. The summed E-state index contributed by atoms with van der Waals surface area (Å²) in [5.74, 6) is -0.763. The van der Waals surface area contributed by atoms with E-state index < -0.39 is 16.9 Å². The maximum absolute atomic E-state index is 13.2. The maximum Gasteiger partial charge on any atom is 0.354 e. The number of benzene rings is 2. The average Bonchev–Trinajstić information content (AvgIpc) is 2.70. The first-order chi connectivity index (χ1) is 13.9. The van der Waals surface area contributed by atoms with Crippen LogP contribution < -0.4 is 11.2 Å². The Kier molecular flexibility index (Phi) is 4.98. The predicted octanol–water partition coefficient (Wildman–Crippen LogP) is 4.31. The Balaban J connectivity index is 1.86. The molecule has 0 saturated heterocycles. The summed E-state index contributed by atoms with van der Waals surface area (Å²) in [5, 5.41) is 10.7. The Bertz CT molecular complexity index is 1310. The van der Waals surface area contributed by atoms with Crippen LogP contribution in [0.3, 0.4) is 0 Å². The summed E-state index contributed by atoms with van der Waals surface area (Å²) >= 11 is 1.03. The van der Waals surface area contributed by atoms with Crippen LogP contribution in [-0.2, 0) is 6.54 Å². The van der Waals surface area contributed by atoms with E-state index in [0.29, 0.717) is 5.69 Å². The number of hydrogen-bond donors (Lipinski definition) is 1. The highest BCUT2D eigenvalue weighted by Crippen LogP contribution is 2.35. The van der Waals surface area contributed by atoms with Gasteiger partial charge in [0.1, 0.15) is 21.7 Å². The lowest BCUT2D eigenvalue weighted by atomic mass is 10.2. The molecular formula is C22H16FNO4S. The number of rotatable bonds is 4. The third kappa shape index (κ3) is 3.69. The molecule has 0 aliphatic heterocycles. The van der Waals surface area contributed by atoms with Gasteiger partial charge < -0.3 is 14.1 Å². The molecule has 2 aromatic carbocycles. The topological polar surface area (TPSA) is 72.4 Å². The molecule has 0 amide bonds. The Hall–Kier alpha value is -3.32. The van der Waals surface area contributed by atoms with Gasteiger partial charge in [-0.1, -0.05) is 42.1 Å². The Morgan fingerprint density at radius 3 is 2.45 bits per heavy atom. The zero-order valence-corrected chi connectivity index (χ0v) is 16.2. The Morgan fingerprint density at radius 1 is 1.07 bits per heavy atom. The van der Waals surface area contributed by atoms with E-state index in [9.17, 15) is 19.1 Å². The largest absolute Gasteiger partial charge is 0.505 e. The van der Waals surface area contributed by atoms with Gasteiger partial charge in [0.15, 0.2) is 5.75 Å². The number of pyridine rings is 1. The van der Waals surface area contributed by atoms with Gasteiger partial charge in [0.2, 0.25) is 0 Å². The Labute approximate surface area is 169 Å². The first-order valence-electron chi connectivity index (χ1n) is 8.81. The van der Waals surface area contributed by atoms with Gasteiger partial charge in [-0.3, -0.25) is 4.79 Å². The van der Waals surface area contributed by atoms with E-state index >= 15 is 0 Å². The van der Waals surface area contributed by atoms with Gasteiger partial charge in [0, 0.05) is 16.7 Å². The molecule has 0 saturated carbocycles. The van der Waals surface area contributed by atoms with Crippen molar-refractivity contribution in [3.63, 3.8) is 0 Å². The molecule has 0 atom stereocenters. The number of fused-ring (bicyclic) bond motifs is 1. The van der Waals surface area contributed by atoms with E-state index in [-0.39, 0.29) is 28.2 Å². The molecule has 0 aliphatic rings. The molecule has 1 N–H and O–H groups in total. The van der Waals surface area contributed by atoms with Crippen LogP contribution in [0.25, 0.3) is 11.0 Å². The van der Waals surface area contributed by atoms with Gasteiger partial charge in [0.05, 0.1) is 6.54 Å². The van der Waals surface area contributed by atoms with Crippen LogP contribution in [0.1, 0.15) is 11.3 Å². The molecule has 2 heterocycles. The van der Waals surface area contributed by atoms with Gasteiger partial charge in [-0.05, 0) is 36.8 Å². The minimum Gasteiger partial charge on any atom is -0.505 e. The monoisotopic (exact) mass is 409 g/mol. The van der Waals surface area contributed by atoms with Crippen molar-refractivity contribution in [2.24, 2.45) is 0 Å². The van der Waals surface area contributed by atoms with Gasteiger partial charge in [-0.25, -0.2) is 9.18 Å². The lowest BCUT2D eigenvalue weighted by molar-refractivity contribution is 0.445. The maximum atomic E-state index is 13.2. The minimum atomic E-state index is -0.709. The lowest BCUT2D eigenvalue weighted by Gasteiger charge is -2.13. The van der Waals surface area contributed by atoms with Gasteiger partial charge in [0.25, 0.3) is 5.56 Å². The van der Waals surface area contributed by atoms with Crippen molar-refractivity contribution in [1.82, 2.24) is 4.57 Å². The van der Waals surface area contributed by atoms with Crippen LogP contribution in [0, 0.1) is 12.7 Å². The van der Waals surface area contributed by atoms with Crippen LogP contribution in [0.5, 0.6) is 5.75 Å². The number of halogens is 1. The highest BCUT2D eigenvalue weighted by atomic mass is 32.2. The smallest absolute Gasteiger partial charge is 0.354 e. The number of aromatic hydroxyl groups is 1. The van der Waals surface area contributed by atoms with Crippen molar-refractivity contribution in [1.29, 1.82) is 0 Å². The molecule has 7 heteroatoms. The van der Waals surface area contributed by atoms with Crippen molar-refractivity contribution in [3.05, 3.63) is 98.5 Å². The molecule has 0 spiro atoms. The van der Waals surface area contributed by atoms with E-state index in [1.165, 1.54) is 16.7 Å². The van der Waals surface area contributed by atoms with Crippen molar-refractivity contribution in [3.8, 4) is 5.75 Å². The van der Waals surface area contributed by atoms with E-state index in [0.717, 1.165) is 22.2 Å². The van der Waals surface area contributed by atoms with Crippen molar-refractivity contribution >= 4 is 22.7 Å². The zero-order valence-electron chi connectivity index (χ0n) is 15.4. The highest BCUT2D eigenvalue weighted by Gasteiger charge is 2.20. The van der Waals surface area contributed by atoms with E-state index in [2.05, 4.69) is 0 Å². The standard InChI is InChI=1S/C22H16FNO4S/c1-13-11-17-18(21(26)24(13)12-14-7-9-15(23)10-8-14)19(25)20(22(27)28-17)29-16-5-3-2-4-6-16/h2-11,25H,12H2,1H3. The summed E-state index contributed by atoms with van der Waals surface area (Å²) in [6.45, 7) is 1.90. The molecule has 4 aromatic rings. The van der Waals surface area contributed by atoms with Crippen molar-refractivity contribution in [2.75, 3.05) is 0 Å². The van der Waals surface area contributed by atoms with Crippen LogP contribution in [0.15, 0.2) is 84.5 Å². The zero-order chi connectivity index (χ0) is 20.5. The Morgan fingerprint density at radius 2 is 1.76 bits per heavy atom. The van der Waals surface area contributed by atoms with Gasteiger partial charge >= 0.3 is 5.63 Å². The summed E-state index contributed by atoms with van der Waals surface area (Å²) in [6, 6.07) is 16.4. The summed E-state index contributed by atoms with van der Waals surface area (Å²) in [5.41, 5.74) is 0.117. The van der Waals surface area contributed by atoms with E-state index in [1.807, 2.05) is 6.07 Å². The van der Waals surface area contributed by atoms with E-state index in [1.54, 1.807) is 49.4 Å². The molecule has 0 radical (unpaired) electrons. The van der Waals surface area contributed by atoms with Crippen LogP contribution in [-0.4, -0.2) is 9.67 Å². The number of aryl methyl sites for hydroxylation is 1. The molecule has 0 fully saturated rings. The SMILES string of the molecule is Cc1cc2oc(=O)c(Sc3ccccc3)c(O)c2c(=O)n1Cc1ccc(F)cc1. The fourth-order valence-electron chi connectivity index (χ4n) is 3.06. The van der Waals surface area contributed by atoms with Gasteiger partial charge in [-0.2, -0.15) is 0 Å². The first-order valence-corrected chi connectivity index (χ1v) is 9.63. The average molecular weight is 409 g/mol. The number of hydrogen-bond acceptors (Lipinski definition) is 5. The van der Waals surface area contributed by atoms with Crippen LogP contribution >= 0.6 is 11.8 Å². The van der Waals surface area contributed by atoms with Crippen molar-refractivity contribution < 1.29 is 13.9 Å². The van der Waals surface area contributed by atoms with E-state index in [4.69, 9.17) is 4.42 Å².